The second-order valence-electron chi connectivity index (χ2n) is 6.31. The molecule has 25 heavy (non-hydrogen) atoms. The van der Waals surface area contributed by atoms with Gasteiger partial charge in [-0.1, -0.05) is 35.9 Å². The lowest BCUT2D eigenvalue weighted by Crippen LogP contribution is -2.36. The molecule has 1 amide bonds. The molecule has 5 heteroatoms. The standard InChI is InChI=1S/C20H23ClN2O2/c1-25-18-9-7-16(8-10-18)19-6-3-11-23(19)14-20(24)22-13-15-4-2-5-17(21)12-15/h2,4-5,7-10,12,19H,3,6,11,13-14H2,1H3,(H,22,24)/t19-/m1/s1. The molecular weight excluding hydrogens is 336 g/mol. The van der Waals surface area contributed by atoms with Crippen molar-refractivity contribution in [1.29, 1.82) is 0 Å². The molecule has 0 aromatic heterocycles. The molecule has 0 unspecified atom stereocenters. The third-order valence-corrected chi connectivity index (χ3v) is 4.82. The highest BCUT2D eigenvalue weighted by Crippen LogP contribution is 2.32. The van der Waals surface area contributed by atoms with Gasteiger partial charge < -0.3 is 10.1 Å². The molecule has 2 aromatic rings. The molecule has 0 spiro atoms. The van der Waals surface area contributed by atoms with E-state index in [-0.39, 0.29) is 5.91 Å². The minimum Gasteiger partial charge on any atom is -0.497 e. The average Bonchev–Trinajstić information content (AvgIpc) is 3.08. The van der Waals surface area contributed by atoms with Crippen LogP contribution in [-0.4, -0.2) is 31.0 Å². The van der Waals surface area contributed by atoms with Gasteiger partial charge in [-0.05, 0) is 54.8 Å². The van der Waals surface area contributed by atoms with Crippen molar-refractivity contribution < 1.29 is 9.53 Å². The van der Waals surface area contributed by atoms with Crippen LogP contribution in [0.1, 0.15) is 30.0 Å². The summed E-state index contributed by atoms with van der Waals surface area (Å²) in [6.45, 7) is 1.86. The zero-order chi connectivity index (χ0) is 17.6. The van der Waals surface area contributed by atoms with Crippen LogP contribution in [0.3, 0.4) is 0 Å². The first-order valence-corrected chi connectivity index (χ1v) is 8.92. The number of benzene rings is 2. The average molecular weight is 359 g/mol. The van der Waals surface area contributed by atoms with E-state index in [1.165, 1.54) is 5.56 Å². The van der Waals surface area contributed by atoms with E-state index in [2.05, 4.69) is 22.3 Å². The van der Waals surface area contributed by atoms with Gasteiger partial charge in [0.05, 0.1) is 13.7 Å². The Hall–Kier alpha value is -2.04. The van der Waals surface area contributed by atoms with E-state index >= 15 is 0 Å². The van der Waals surface area contributed by atoms with Gasteiger partial charge in [0.25, 0.3) is 0 Å². The van der Waals surface area contributed by atoms with Gasteiger partial charge in [-0.15, -0.1) is 0 Å². The summed E-state index contributed by atoms with van der Waals surface area (Å²) >= 11 is 5.98. The fourth-order valence-electron chi connectivity index (χ4n) is 3.31. The Labute approximate surface area is 153 Å². The molecule has 0 aliphatic carbocycles. The predicted molar refractivity (Wildman–Crippen MR) is 99.8 cm³/mol. The fraction of sp³-hybridized carbons (Fsp3) is 0.350. The summed E-state index contributed by atoms with van der Waals surface area (Å²) in [6, 6.07) is 16.0. The first kappa shape index (κ1) is 17.8. The van der Waals surface area contributed by atoms with Gasteiger partial charge >= 0.3 is 0 Å². The number of amides is 1. The van der Waals surface area contributed by atoms with Crippen molar-refractivity contribution in [3.05, 3.63) is 64.7 Å². The van der Waals surface area contributed by atoms with Crippen molar-refractivity contribution in [2.75, 3.05) is 20.2 Å². The summed E-state index contributed by atoms with van der Waals surface area (Å²) in [6.07, 6.45) is 2.19. The van der Waals surface area contributed by atoms with Crippen LogP contribution in [0.15, 0.2) is 48.5 Å². The summed E-state index contributed by atoms with van der Waals surface area (Å²) in [5.41, 5.74) is 2.25. The van der Waals surface area contributed by atoms with Crippen molar-refractivity contribution >= 4 is 17.5 Å². The lowest BCUT2D eigenvalue weighted by atomic mass is 10.0. The Morgan fingerprint density at radius 1 is 1.28 bits per heavy atom. The first-order chi connectivity index (χ1) is 12.2. The van der Waals surface area contributed by atoms with Crippen LogP contribution < -0.4 is 10.1 Å². The van der Waals surface area contributed by atoms with Gasteiger partial charge in [0.1, 0.15) is 5.75 Å². The molecule has 4 nitrogen and oxygen atoms in total. The topological polar surface area (TPSA) is 41.6 Å². The van der Waals surface area contributed by atoms with Crippen molar-refractivity contribution in [2.45, 2.75) is 25.4 Å². The summed E-state index contributed by atoms with van der Waals surface area (Å²) in [5, 5.41) is 3.67. The van der Waals surface area contributed by atoms with Gasteiger partial charge in [-0.3, -0.25) is 9.69 Å². The molecule has 132 valence electrons. The molecule has 1 atom stereocenters. The van der Waals surface area contributed by atoms with Crippen LogP contribution in [0.5, 0.6) is 5.75 Å². The molecule has 1 N–H and O–H groups in total. The second-order valence-corrected chi connectivity index (χ2v) is 6.74. The molecule has 1 aliphatic rings. The Kier molecular flexibility index (Phi) is 5.95. The molecule has 0 bridgehead atoms. The number of nitrogens with zero attached hydrogens (tertiary/aromatic N) is 1. The quantitative estimate of drug-likeness (QED) is 0.853. The van der Waals surface area contributed by atoms with E-state index < -0.39 is 0 Å². The van der Waals surface area contributed by atoms with Crippen LogP contribution in [0, 0.1) is 0 Å². The number of ether oxygens (including phenoxy) is 1. The lowest BCUT2D eigenvalue weighted by Gasteiger charge is -2.24. The Morgan fingerprint density at radius 2 is 2.08 bits per heavy atom. The van der Waals surface area contributed by atoms with Gasteiger partial charge in [0.15, 0.2) is 0 Å². The number of hydrogen-bond donors (Lipinski definition) is 1. The maximum atomic E-state index is 12.3. The van der Waals surface area contributed by atoms with Crippen LogP contribution in [0.2, 0.25) is 5.02 Å². The number of hydrogen-bond acceptors (Lipinski definition) is 3. The SMILES string of the molecule is COc1ccc([C@H]2CCCN2CC(=O)NCc2cccc(Cl)c2)cc1. The van der Waals surface area contributed by atoms with Crippen LogP contribution in [0.25, 0.3) is 0 Å². The normalized spacial score (nSPS) is 17.4. The molecule has 1 fully saturated rings. The monoisotopic (exact) mass is 358 g/mol. The number of carbonyl (C=O) groups is 1. The first-order valence-electron chi connectivity index (χ1n) is 8.55. The van der Waals surface area contributed by atoms with Gasteiger partial charge in [-0.25, -0.2) is 0 Å². The Bertz CT molecular complexity index is 718. The summed E-state index contributed by atoms with van der Waals surface area (Å²) in [7, 11) is 1.67. The molecule has 2 aromatic carbocycles. The lowest BCUT2D eigenvalue weighted by molar-refractivity contribution is -0.122. The number of halogens is 1. The van der Waals surface area contributed by atoms with E-state index in [4.69, 9.17) is 16.3 Å². The van der Waals surface area contributed by atoms with Crippen LogP contribution in [0.4, 0.5) is 0 Å². The highest BCUT2D eigenvalue weighted by atomic mass is 35.5. The van der Waals surface area contributed by atoms with E-state index in [1.54, 1.807) is 7.11 Å². The maximum Gasteiger partial charge on any atom is 0.234 e. The number of carbonyl (C=O) groups excluding carboxylic acids is 1. The number of rotatable bonds is 6. The van der Waals surface area contributed by atoms with Crippen molar-refractivity contribution in [1.82, 2.24) is 10.2 Å². The summed E-state index contributed by atoms with van der Waals surface area (Å²) in [4.78, 5) is 14.6. The molecule has 3 rings (SSSR count). The zero-order valence-corrected chi connectivity index (χ0v) is 15.1. The smallest absolute Gasteiger partial charge is 0.234 e. The minimum absolute atomic E-state index is 0.0420. The molecule has 1 heterocycles. The summed E-state index contributed by atoms with van der Waals surface area (Å²) in [5.74, 6) is 0.896. The maximum absolute atomic E-state index is 12.3. The second kappa shape index (κ2) is 8.37. The largest absolute Gasteiger partial charge is 0.497 e. The minimum atomic E-state index is 0.0420. The van der Waals surface area contributed by atoms with Gasteiger partial charge in [0, 0.05) is 17.6 Å². The van der Waals surface area contributed by atoms with E-state index in [0.29, 0.717) is 24.2 Å². The molecule has 1 aliphatic heterocycles. The van der Waals surface area contributed by atoms with E-state index in [9.17, 15) is 4.79 Å². The highest BCUT2D eigenvalue weighted by molar-refractivity contribution is 6.30. The Balaban J connectivity index is 1.56. The molecule has 1 saturated heterocycles. The van der Waals surface area contributed by atoms with E-state index in [0.717, 1.165) is 30.7 Å². The highest BCUT2D eigenvalue weighted by Gasteiger charge is 2.27. The number of methoxy groups -OCH3 is 1. The summed E-state index contributed by atoms with van der Waals surface area (Å²) < 4.78 is 5.22. The van der Waals surface area contributed by atoms with Crippen LogP contribution >= 0.6 is 11.6 Å². The van der Waals surface area contributed by atoms with Gasteiger partial charge in [0.2, 0.25) is 5.91 Å². The predicted octanol–water partition coefficient (Wildman–Crippen LogP) is 3.80. The van der Waals surface area contributed by atoms with Crippen molar-refractivity contribution in [3.8, 4) is 5.75 Å². The zero-order valence-electron chi connectivity index (χ0n) is 14.4. The molecular formula is C20H23ClN2O2. The third-order valence-electron chi connectivity index (χ3n) is 4.59. The number of likely N-dealkylation sites (tertiary alicyclic amines) is 1. The number of nitrogens with one attached hydrogen (secondary N) is 1. The van der Waals surface area contributed by atoms with Crippen molar-refractivity contribution in [3.63, 3.8) is 0 Å². The third kappa shape index (κ3) is 4.74. The Morgan fingerprint density at radius 3 is 2.80 bits per heavy atom. The van der Waals surface area contributed by atoms with E-state index in [1.807, 2.05) is 36.4 Å². The van der Waals surface area contributed by atoms with Crippen LogP contribution in [-0.2, 0) is 11.3 Å². The molecule has 0 saturated carbocycles. The fourth-order valence-corrected chi connectivity index (χ4v) is 3.52. The van der Waals surface area contributed by atoms with Gasteiger partial charge in [-0.2, -0.15) is 0 Å². The van der Waals surface area contributed by atoms with Crippen molar-refractivity contribution in [2.24, 2.45) is 0 Å². The molecule has 0 radical (unpaired) electrons.